The number of nitrogens with zero attached hydrogens (tertiary/aromatic N) is 4. The van der Waals surface area contributed by atoms with Gasteiger partial charge in [0.15, 0.2) is 11.7 Å². The van der Waals surface area contributed by atoms with Gasteiger partial charge in [-0.3, -0.25) is 14.7 Å². The van der Waals surface area contributed by atoms with Crippen LogP contribution in [0.15, 0.2) is 27.8 Å². The Bertz CT molecular complexity index is 607. The van der Waals surface area contributed by atoms with Gasteiger partial charge < -0.3 is 24.3 Å². The molecule has 8 nitrogen and oxygen atoms in total. The van der Waals surface area contributed by atoms with Crippen LogP contribution in [0.3, 0.4) is 0 Å². The maximum Gasteiger partial charge on any atom is 0.289 e. The van der Waals surface area contributed by atoms with Crippen molar-refractivity contribution in [2.75, 3.05) is 66.6 Å². The molecule has 27 heavy (non-hydrogen) atoms. The number of guanidine groups is 1. The summed E-state index contributed by atoms with van der Waals surface area (Å²) in [7, 11) is 3.56. The highest BCUT2D eigenvalue weighted by molar-refractivity contribution is 5.91. The first kappa shape index (κ1) is 19.7. The summed E-state index contributed by atoms with van der Waals surface area (Å²) in [5, 5.41) is 3.47. The number of carbonyl (C=O) groups is 1. The quantitative estimate of drug-likeness (QED) is 0.532. The molecular weight excluding hydrogens is 346 g/mol. The molecule has 0 bridgehead atoms. The van der Waals surface area contributed by atoms with Crippen LogP contribution in [0.5, 0.6) is 0 Å². The van der Waals surface area contributed by atoms with Gasteiger partial charge in [0, 0.05) is 66.0 Å². The molecule has 1 aromatic rings. The third-order valence-corrected chi connectivity index (χ3v) is 5.14. The van der Waals surface area contributed by atoms with Crippen molar-refractivity contribution in [2.45, 2.75) is 18.9 Å². The van der Waals surface area contributed by atoms with Crippen LogP contribution < -0.4 is 5.32 Å². The number of piperazine rings is 1. The van der Waals surface area contributed by atoms with Crippen LogP contribution in [-0.4, -0.2) is 99.2 Å². The standard InChI is InChI=1S/C19H31N5O3/c1-20-19(21-7-8-22(13-15-26-2)16-5-6-16)24-11-9-23(10-12-24)18(25)17-4-3-14-27-17/h3-4,14,16H,5-13,15H2,1-2H3,(H,20,21). The number of furan rings is 1. The van der Waals surface area contributed by atoms with E-state index in [1.54, 1.807) is 19.2 Å². The number of amides is 1. The molecule has 1 saturated carbocycles. The van der Waals surface area contributed by atoms with Crippen molar-refractivity contribution in [3.63, 3.8) is 0 Å². The molecule has 0 radical (unpaired) electrons. The van der Waals surface area contributed by atoms with Crippen molar-refractivity contribution >= 4 is 11.9 Å². The number of nitrogens with one attached hydrogen (secondary N) is 1. The summed E-state index contributed by atoms with van der Waals surface area (Å²) in [6, 6.07) is 4.18. The van der Waals surface area contributed by atoms with E-state index in [2.05, 4.69) is 20.1 Å². The molecule has 8 heteroatoms. The van der Waals surface area contributed by atoms with Crippen molar-refractivity contribution < 1.29 is 13.9 Å². The summed E-state index contributed by atoms with van der Waals surface area (Å²) in [6.07, 6.45) is 4.13. The minimum absolute atomic E-state index is 0.0409. The molecule has 2 heterocycles. The fourth-order valence-electron chi connectivity index (χ4n) is 3.45. The van der Waals surface area contributed by atoms with E-state index in [0.717, 1.165) is 51.3 Å². The van der Waals surface area contributed by atoms with E-state index in [9.17, 15) is 4.79 Å². The summed E-state index contributed by atoms with van der Waals surface area (Å²) in [5.74, 6) is 1.27. The Labute approximate surface area is 161 Å². The SMILES string of the molecule is CN=C(NCCN(CCOC)C1CC1)N1CCN(C(=O)c2ccco2)CC1. The Balaban J connectivity index is 1.41. The lowest BCUT2D eigenvalue weighted by Gasteiger charge is -2.36. The molecule has 1 aliphatic heterocycles. The van der Waals surface area contributed by atoms with Crippen LogP contribution in [0.2, 0.25) is 0 Å². The van der Waals surface area contributed by atoms with Crippen LogP contribution in [-0.2, 0) is 4.74 Å². The topological polar surface area (TPSA) is 73.6 Å². The number of methoxy groups -OCH3 is 1. The van der Waals surface area contributed by atoms with Crippen molar-refractivity contribution in [3.8, 4) is 0 Å². The molecule has 0 unspecified atom stereocenters. The molecule has 150 valence electrons. The Morgan fingerprint density at radius 3 is 2.63 bits per heavy atom. The highest BCUT2D eigenvalue weighted by atomic mass is 16.5. The number of carbonyl (C=O) groups excluding carboxylic acids is 1. The predicted octanol–water partition coefficient (Wildman–Crippen LogP) is 0.724. The summed E-state index contributed by atoms with van der Waals surface area (Å²) in [4.78, 5) is 23.3. The van der Waals surface area contributed by atoms with Gasteiger partial charge >= 0.3 is 0 Å². The number of hydrogen-bond acceptors (Lipinski definition) is 5. The molecule has 0 atom stereocenters. The first-order chi connectivity index (χ1) is 13.2. The van der Waals surface area contributed by atoms with Crippen LogP contribution in [0.4, 0.5) is 0 Å². The zero-order valence-corrected chi connectivity index (χ0v) is 16.4. The minimum atomic E-state index is -0.0409. The summed E-state index contributed by atoms with van der Waals surface area (Å²) >= 11 is 0. The van der Waals surface area contributed by atoms with Crippen molar-refractivity contribution in [1.29, 1.82) is 0 Å². The van der Waals surface area contributed by atoms with Crippen LogP contribution in [0, 0.1) is 0 Å². The molecule has 1 saturated heterocycles. The largest absolute Gasteiger partial charge is 0.459 e. The van der Waals surface area contributed by atoms with Gasteiger partial charge in [0.2, 0.25) is 0 Å². The summed E-state index contributed by atoms with van der Waals surface area (Å²) in [6.45, 7) is 6.48. The molecule has 1 N–H and O–H groups in total. The fourth-order valence-corrected chi connectivity index (χ4v) is 3.45. The van der Waals surface area contributed by atoms with Gasteiger partial charge in [0.1, 0.15) is 0 Å². The van der Waals surface area contributed by atoms with Gasteiger partial charge in [0.25, 0.3) is 5.91 Å². The molecule has 0 spiro atoms. The second-order valence-electron chi connectivity index (χ2n) is 6.99. The van der Waals surface area contributed by atoms with Crippen molar-refractivity contribution in [1.82, 2.24) is 20.0 Å². The highest BCUT2D eigenvalue weighted by Crippen LogP contribution is 2.26. The molecule has 1 aliphatic carbocycles. The van der Waals surface area contributed by atoms with E-state index >= 15 is 0 Å². The third-order valence-electron chi connectivity index (χ3n) is 5.14. The smallest absolute Gasteiger partial charge is 0.289 e. The highest BCUT2D eigenvalue weighted by Gasteiger charge is 2.29. The van der Waals surface area contributed by atoms with E-state index < -0.39 is 0 Å². The normalized spacial score (nSPS) is 18.3. The maximum absolute atomic E-state index is 12.4. The monoisotopic (exact) mass is 377 g/mol. The Morgan fingerprint density at radius 2 is 2.04 bits per heavy atom. The second-order valence-corrected chi connectivity index (χ2v) is 6.99. The molecular formula is C19H31N5O3. The lowest BCUT2D eigenvalue weighted by molar-refractivity contribution is 0.0657. The van der Waals surface area contributed by atoms with Gasteiger partial charge in [-0.2, -0.15) is 0 Å². The fraction of sp³-hybridized carbons (Fsp3) is 0.684. The Kier molecular flexibility index (Phi) is 7.11. The van der Waals surface area contributed by atoms with Crippen LogP contribution in [0.1, 0.15) is 23.4 Å². The van der Waals surface area contributed by atoms with Crippen molar-refractivity contribution in [2.24, 2.45) is 4.99 Å². The average molecular weight is 377 g/mol. The van der Waals surface area contributed by atoms with Gasteiger partial charge in [-0.1, -0.05) is 0 Å². The lowest BCUT2D eigenvalue weighted by Crippen LogP contribution is -2.54. The molecule has 1 aromatic heterocycles. The maximum atomic E-state index is 12.4. The first-order valence-electron chi connectivity index (χ1n) is 9.74. The molecule has 2 aliphatic rings. The summed E-state index contributed by atoms with van der Waals surface area (Å²) < 4.78 is 10.4. The molecule has 0 aromatic carbocycles. The molecule has 1 amide bonds. The summed E-state index contributed by atoms with van der Waals surface area (Å²) in [5.41, 5.74) is 0. The van der Waals surface area contributed by atoms with Crippen molar-refractivity contribution in [3.05, 3.63) is 24.2 Å². The predicted molar refractivity (Wildman–Crippen MR) is 104 cm³/mol. The van der Waals surface area contributed by atoms with Crippen LogP contribution in [0.25, 0.3) is 0 Å². The van der Waals surface area contributed by atoms with Gasteiger partial charge in [-0.15, -0.1) is 0 Å². The number of ether oxygens (including phenoxy) is 1. The van der Waals surface area contributed by atoms with Gasteiger partial charge in [-0.25, -0.2) is 0 Å². The van der Waals surface area contributed by atoms with Gasteiger partial charge in [0.05, 0.1) is 12.9 Å². The van der Waals surface area contributed by atoms with Crippen LogP contribution >= 0.6 is 0 Å². The Morgan fingerprint density at radius 1 is 1.30 bits per heavy atom. The third kappa shape index (κ3) is 5.46. The van der Waals surface area contributed by atoms with E-state index in [-0.39, 0.29) is 5.91 Å². The van der Waals surface area contributed by atoms with E-state index in [0.29, 0.717) is 18.8 Å². The molecule has 2 fully saturated rings. The molecule has 3 rings (SSSR count). The lowest BCUT2D eigenvalue weighted by atomic mass is 10.3. The zero-order chi connectivity index (χ0) is 19.1. The van der Waals surface area contributed by atoms with E-state index in [4.69, 9.17) is 9.15 Å². The number of rotatable bonds is 8. The minimum Gasteiger partial charge on any atom is -0.459 e. The first-order valence-corrected chi connectivity index (χ1v) is 9.74. The second kappa shape index (κ2) is 9.75. The van der Waals surface area contributed by atoms with E-state index in [1.807, 2.05) is 11.9 Å². The zero-order valence-electron chi connectivity index (χ0n) is 16.4. The van der Waals surface area contributed by atoms with E-state index in [1.165, 1.54) is 19.1 Å². The van der Waals surface area contributed by atoms with Gasteiger partial charge in [-0.05, 0) is 25.0 Å². The number of aliphatic imine (C=N–C) groups is 1. The number of hydrogen-bond donors (Lipinski definition) is 1. The Hall–Kier alpha value is -2.06. The average Bonchev–Trinajstić information content (AvgIpc) is 3.40.